The van der Waals surface area contributed by atoms with Gasteiger partial charge in [-0.15, -0.1) is 0 Å². The average Bonchev–Trinajstić information content (AvgIpc) is 2.68. The molecular weight excluding hydrogens is 306 g/mol. The first-order valence-electron chi connectivity index (χ1n) is 8.72. The number of benzene rings is 3. The lowest BCUT2D eigenvalue weighted by Gasteiger charge is -2.14. The first-order chi connectivity index (χ1) is 12.2. The molecule has 0 saturated carbocycles. The molecule has 1 amide bonds. The van der Waals surface area contributed by atoms with Gasteiger partial charge in [0.15, 0.2) is 0 Å². The van der Waals surface area contributed by atoms with Crippen molar-refractivity contribution in [3.8, 4) is 11.1 Å². The van der Waals surface area contributed by atoms with E-state index >= 15 is 0 Å². The van der Waals surface area contributed by atoms with Crippen molar-refractivity contribution in [1.29, 1.82) is 0 Å². The van der Waals surface area contributed by atoms with Crippen molar-refractivity contribution < 1.29 is 4.79 Å². The summed E-state index contributed by atoms with van der Waals surface area (Å²) in [4.78, 5) is 12.4. The summed E-state index contributed by atoms with van der Waals surface area (Å²) in [5.74, 6) is -0.0137. The quantitative estimate of drug-likeness (QED) is 0.669. The van der Waals surface area contributed by atoms with Gasteiger partial charge in [0, 0.05) is 11.6 Å². The molecule has 0 heterocycles. The Hall–Kier alpha value is -2.87. The summed E-state index contributed by atoms with van der Waals surface area (Å²) >= 11 is 0. The van der Waals surface area contributed by atoms with E-state index in [1.165, 1.54) is 5.56 Å². The van der Waals surface area contributed by atoms with Crippen LogP contribution in [0, 0.1) is 0 Å². The van der Waals surface area contributed by atoms with Gasteiger partial charge in [-0.2, -0.15) is 0 Å². The molecule has 0 aliphatic rings. The summed E-state index contributed by atoms with van der Waals surface area (Å²) in [6, 6.07) is 28.5. The Morgan fingerprint density at radius 1 is 0.800 bits per heavy atom. The molecule has 0 radical (unpaired) electrons. The molecule has 0 saturated heterocycles. The maximum absolute atomic E-state index is 12.4. The van der Waals surface area contributed by atoms with Gasteiger partial charge in [-0.1, -0.05) is 72.8 Å². The van der Waals surface area contributed by atoms with E-state index in [2.05, 4.69) is 36.5 Å². The molecular formula is C23H23NO. The zero-order valence-electron chi connectivity index (χ0n) is 14.5. The highest BCUT2D eigenvalue weighted by atomic mass is 16.1. The van der Waals surface area contributed by atoms with Crippen molar-refractivity contribution in [2.24, 2.45) is 0 Å². The van der Waals surface area contributed by atoms with Crippen LogP contribution in [0.3, 0.4) is 0 Å². The highest BCUT2D eigenvalue weighted by Gasteiger charge is 2.10. The molecule has 126 valence electrons. The molecule has 3 aromatic carbocycles. The van der Waals surface area contributed by atoms with Crippen LogP contribution in [-0.4, -0.2) is 11.9 Å². The molecule has 2 nitrogen and oxygen atoms in total. The van der Waals surface area contributed by atoms with Gasteiger partial charge < -0.3 is 5.32 Å². The Balaban J connectivity index is 1.55. The van der Waals surface area contributed by atoms with Crippen molar-refractivity contribution in [3.05, 3.63) is 96.1 Å². The maximum atomic E-state index is 12.4. The Bertz CT molecular complexity index is 795. The SMILES string of the molecule is C[C@@H](CCc1ccccc1)NC(=O)c1ccc(-c2ccccc2)cc1. The second-order valence-electron chi connectivity index (χ2n) is 6.34. The van der Waals surface area contributed by atoms with Crippen molar-refractivity contribution in [1.82, 2.24) is 5.32 Å². The van der Waals surface area contributed by atoms with Crippen molar-refractivity contribution in [3.63, 3.8) is 0 Å². The molecule has 1 atom stereocenters. The van der Waals surface area contributed by atoms with Crippen LogP contribution in [0.4, 0.5) is 0 Å². The molecule has 3 rings (SSSR count). The van der Waals surface area contributed by atoms with Crippen molar-refractivity contribution >= 4 is 5.91 Å². The number of carbonyl (C=O) groups excluding carboxylic acids is 1. The van der Waals surface area contributed by atoms with Crippen LogP contribution >= 0.6 is 0 Å². The van der Waals surface area contributed by atoms with Gasteiger partial charge in [-0.3, -0.25) is 4.79 Å². The molecule has 0 unspecified atom stereocenters. The summed E-state index contributed by atoms with van der Waals surface area (Å²) in [6.07, 6.45) is 1.90. The molecule has 0 spiro atoms. The summed E-state index contributed by atoms with van der Waals surface area (Å²) in [7, 11) is 0. The van der Waals surface area contributed by atoms with E-state index in [1.54, 1.807) is 0 Å². The van der Waals surface area contributed by atoms with Gasteiger partial charge in [0.25, 0.3) is 5.91 Å². The zero-order valence-corrected chi connectivity index (χ0v) is 14.5. The van der Waals surface area contributed by atoms with Crippen LogP contribution in [0.2, 0.25) is 0 Å². The number of aryl methyl sites for hydroxylation is 1. The minimum Gasteiger partial charge on any atom is -0.350 e. The Kier molecular flexibility index (Phi) is 5.63. The molecule has 0 aromatic heterocycles. The van der Waals surface area contributed by atoms with E-state index in [4.69, 9.17) is 0 Å². The van der Waals surface area contributed by atoms with Crippen LogP contribution in [0.15, 0.2) is 84.9 Å². The lowest BCUT2D eigenvalue weighted by atomic mass is 10.0. The topological polar surface area (TPSA) is 29.1 Å². The van der Waals surface area contributed by atoms with E-state index in [0.29, 0.717) is 5.56 Å². The summed E-state index contributed by atoms with van der Waals surface area (Å²) in [5.41, 5.74) is 4.28. The van der Waals surface area contributed by atoms with E-state index in [9.17, 15) is 4.79 Å². The monoisotopic (exact) mass is 329 g/mol. The third-order valence-corrected chi connectivity index (χ3v) is 4.34. The van der Waals surface area contributed by atoms with Crippen LogP contribution < -0.4 is 5.32 Å². The van der Waals surface area contributed by atoms with Crippen molar-refractivity contribution in [2.75, 3.05) is 0 Å². The largest absolute Gasteiger partial charge is 0.350 e. The molecule has 0 bridgehead atoms. The highest BCUT2D eigenvalue weighted by molar-refractivity contribution is 5.94. The minimum absolute atomic E-state index is 0.0137. The number of hydrogen-bond acceptors (Lipinski definition) is 1. The summed E-state index contributed by atoms with van der Waals surface area (Å²) in [5, 5.41) is 3.09. The van der Waals surface area contributed by atoms with Gasteiger partial charge in [0.05, 0.1) is 0 Å². The fraction of sp³-hybridized carbons (Fsp3) is 0.174. The van der Waals surface area contributed by atoms with Gasteiger partial charge in [-0.05, 0) is 48.6 Å². The summed E-state index contributed by atoms with van der Waals surface area (Å²) in [6.45, 7) is 2.05. The van der Waals surface area contributed by atoms with E-state index in [1.807, 2.05) is 60.7 Å². The average molecular weight is 329 g/mol. The van der Waals surface area contributed by atoms with Crippen LogP contribution in [0.1, 0.15) is 29.3 Å². The molecule has 0 fully saturated rings. The van der Waals surface area contributed by atoms with Gasteiger partial charge in [0.1, 0.15) is 0 Å². The van der Waals surface area contributed by atoms with Gasteiger partial charge in [0.2, 0.25) is 0 Å². The Morgan fingerprint density at radius 2 is 1.36 bits per heavy atom. The van der Waals surface area contributed by atoms with Crippen LogP contribution in [0.25, 0.3) is 11.1 Å². The number of carbonyl (C=O) groups is 1. The number of amides is 1. The minimum atomic E-state index is -0.0137. The molecule has 25 heavy (non-hydrogen) atoms. The highest BCUT2D eigenvalue weighted by Crippen LogP contribution is 2.19. The molecule has 2 heteroatoms. The van der Waals surface area contributed by atoms with Gasteiger partial charge >= 0.3 is 0 Å². The maximum Gasteiger partial charge on any atom is 0.251 e. The lowest BCUT2D eigenvalue weighted by molar-refractivity contribution is 0.0938. The van der Waals surface area contributed by atoms with E-state index < -0.39 is 0 Å². The van der Waals surface area contributed by atoms with Crippen LogP contribution in [-0.2, 0) is 6.42 Å². The fourth-order valence-corrected chi connectivity index (χ4v) is 2.85. The molecule has 3 aromatic rings. The predicted molar refractivity (Wildman–Crippen MR) is 104 cm³/mol. The summed E-state index contributed by atoms with van der Waals surface area (Å²) < 4.78 is 0. The number of nitrogens with one attached hydrogen (secondary N) is 1. The number of hydrogen-bond donors (Lipinski definition) is 1. The Morgan fingerprint density at radius 3 is 2.00 bits per heavy atom. The number of rotatable bonds is 6. The lowest BCUT2D eigenvalue weighted by Crippen LogP contribution is -2.32. The fourth-order valence-electron chi connectivity index (χ4n) is 2.85. The zero-order chi connectivity index (χ0) is 17.5. The second-order valence-corrected chi connectivity index (χ2v) is 6.34. The third kappa shape index (κ3) is 4.80. The third-order valence-electron chi connectivity index (χ3n) is 4.34. The second kappa shape index (κ2) is 8.29. The molecule has 0 aliphatic carbocycles. The molecule has 1 N–H and O–H groups in total. The predicted octanol–water partition coefficient (Wildman–Crippen LogP) is 5.10. The first-order valence-corrected chi connectivity index (χ1v) is 8.72. The normalized spacial score (nSPS) is 11.7. The Labute approximate surface area is 149 Å². The smallest absolute Gasteiger partial charge is 0.251 e. The van der Waals surface area contributed by atoms with Gasteiger partial charge in [-0.25, -0.2) is 0 Å². The standard InChI is InChI=1S/C23H23NO/c1-18(12-13-19-8-4-2-5-9-19)24-23(25)22-16-14-21(15-17-22)20-10-6-3-7-11-20/h2-11,14-18H,12-13H2,1H3,(H,24,25)/t18-/m0/s1. The first kappa shape index (κ1) is 17.0. The van der Waals surface area contributed by atoms with Crippen molar-refractivity contribution in [2.45, 2.75) is 25.8 Å². The van der Waals surface area contributed by atoms with E-state index in [0.717, 1.165) is 24.0 Å². The molecule has 0 aliphatic heterocycles. The van der Waals surface area contributed by atoms with Crippen LogP contribution in [0.5, 0.6) is 0 Å². The van der Waals surface area contributed by atoms with E-state index in [-0.39, 0.29) is 11.9 Å².